The summed E-state index contributed by atoms with van der Waals surface area (Å²) in [4.78, 5) is 15.5. The van der Waals surface area contributed by atoms with Gasteiger partial charge in [0.25, 0.3) is 0 Å². The molecule has 2 aromatic heterocycles. The van der Waals surface area contributed by atoms with Crippen LogP contribution in [0.3, 0.4) is 0 Å². The van der Waals surface area contributed by atoms with Crippen molar-refractivity contribution < 1.29 is 4.79 Å². The van der Waals surface area contributed by atoms with Gasteiger partial charge in [0.1, 0.15) is 0 Å². The lowest BCUT2D eigenvalue weighted by atomic mass is 10.1. The summed E-state index contributed by atoms with van der Waals surface area (Å²) in [5.41, 5.74) is 14.5. The van der Waals surface area contributed by atoms with Crippen LogP contribution in [0.25, 0.3) is 11.0 Å². The Morgan fingerprint density at radius 2 is 1.73 bits per heavy atom. The standard InChI is InChI=1S/C10H11N3O.C7H9N.C5H11N.2CH4/c1-6-8(7(2)14)4-11-10-9(6)5-12-13(10)3;8-6-7-4-2-1-3-5-7;6-5-3-1-2-4-5;;/h4-5H,1-3H3;1-5H,6,8H2;5H,1-4,6H2;2*1H4. The predicted molar refractivity (Wildman–Crippen MR) is 127 cm³/mol. The normalized spacial score (nSPS) is 12.6. The number of nitrogens with zero attached hydrogens (tertiary/aromatic N) is 3. The second kappa shape index (κ2) is 13.6. The maximum atomic E-state index is 11.2. The summed E-state index contributed by atoms with van der Waals surface area (Å²) in [5.74, 6) is 0.0424. The topological polar surface area (TPSA) is 99.8 Å². The number of carbonyl (C=O) groups is 1. The summed E-state index contributed by atoms with van der Waals surface area (Å²) < 4.78 is 1.70. The van der Waals surface area contributed by atoms with E-state index in [4.69, 9.17) is 11.5 Å². The first-order valence-electron chi connectivity index (χ1n) is 9.71. The van der Waals surface area contributed by atoms with E-state index in [2.05, 4.69) is 10.1 Å². The average Bonchev–Trinajstić information content (AvgIpc) is 3.33. The zero-order valence-electron chi connectivity index (χ0n) is 17.1. The van der Waals surface area contributed by atoms with E-state index < -0.39 is 0 Å². The molecule has 3 aromatic rings. The summed E-state index contributed by atoms with van der Waals surface area (Å²) in [6.45, 7) is 4.11. The lowest BCUT2D eigenvalue weighted by Crippen LogP contribution is -2.13. The van der Waals surface area contributed by atoms with Gasteiger partial charge in [-0.2, -0.15) is 5.10 Å². The van der Waals surface area contributed by atoms with Crippen LogP contribution in [0.2, 0.25) is 0 Å². The van der Waals surface area contributed by atoms with Crippen molar-refractivity contribution in [3.63, 3.8) is 0 Å². The number of rotatable bonds is 2. The number of Topliss-reactive ketones (excluding diaryl/α,β-unsaturated/α-hetero) is 1. The second-order valence-electron chi connectivity index (χ2n) is 7.09. The third kappa shape index (κ3) is 7.69. The fraction of sp³-hybridized carbons (Fsp3) is 0.458. The van der Waals surface area contributed by atoms with Crippen molar-refractivity contribution in [3.05, 3.63) is 59.4 Å². The molecule has 0 unspecified atom stereocenters. The van der Waals surface area contributed by atoms with Crippen LogP contribution >= 0.6 is 0 Å². The van der Waals surface area contributed by atoms with Crippen molar-refractivity contribution in [1.29, 1.82) is 0 Å². The smallest absolute Gasteiger partial charge is 0.161 e. The van der Waals surface area contributed by atoms with E-state index in [0.717, 1.165) is 16.6 Å². The first kappa shape index (κ1) is 27.4. The van der Waals surface area contributed by atoms with Crippen molar-refractivity contribution in [2.45, 2.75) is 67.0 Å². The second-order valence-corrected chi connectivity index (χ2v) is 7.09. The number of fused-ring (bicyclic) bond motifs is 1. The van der Waals surface area contributed by atoms with Crippen molar-refractivity contribution in [2.75, 3.05) is 0 Å². The first-order chi connectivity index (χ1) is 13.4. The quantitative estimate of drug-likeness (QED) is 0.589. The summed E-state index contributed by atoms with van der Waals surface area (Å²) in [7, 11) is 1.84. The molecule has 30 heavy (non-hydrogen) atoms. The van der Waals surface area contributed by atoms with E-state index >= 15 is 0 Å². The van der Waals surface area contributed by atoms with Gasteiger partial charge >= 0.3 is 0 Å². The zero-order chi connectivity index (χ0) is 20.5. The molecule has 0 radical (unpaired) electrons. The average molecular weight is 414 g/mol. The van der Waals surface area contributed by atoms with Gasteiger partial charge in [-0.15, -0.1) is 0 Å². The molecule has 166 valence electrons. The Bertz CT molecular complexity index is 883. The highest BCUT2D eigenvalue weighted by molar-refractivity contribution is 5.99. The van der Waals surface area contributed by atoms with Gasteiger partial charge < -0.3 is 11.5 Å². The Labute approximate surface area is 181 Å². The summed E-state index contributed by atoms with van der Waals surface area (Å²) in [6.07, 6.45) is 8.61. The maximum Gasteiger partial charge on any atom is 0.161 e. The molecule has 1 aliphatic carbocycles. The molecular formula is C24H39N5O. The van der Waals surface area contributed by atoms with Crippen LogP contribution in [-0.2, 0) is 13.6 Å². The Hall–Kier alpha value is -2.57. The van der Waals surface area contributed by atoms with Crippen LogP contribution in [0.5, 0.6) is 0 Å². The molecule has 0 atom stereocenters. The number of pyridine rings is 1. The number of nitrogens with two attached hydrogens (primary N) is 2. The van der Waals surface area contributed by atoms with Gasteiger partial charge in [0.05, 0.1) is 6.20 Å². The largest absolute Gasteiger partial charge is 0.328 e. The first-order valence-corrected chi connectivity index (χ1v) is 9.71. The Kier molecular flexibility index (Phi) is 12.4. The van der Waals surface area contributed by atoms with E-state index in [9.17, 15) is 4.79 Å². The highest BCUT2D eigenvalue weighted by Crippen LogP contribution is 2.18. The van der Waals surface area contributed by atoms with Crippen LogP contribution < -0.4 is 11.5 Å². The number of benzene rings is 1. The molecule has 1 aromatic carbocycles. The Balaban J connectivity index is 0.000000450. The molecule has 1 aliphatic rings. The lowest BCUT2D eigenvalue weighted by Gasteiger charge is -2.02. The molecule has 0 aliphatic heterocycles. The van der Waals surface area contributed by atoms with E-state index in [1.54, 1.807) is 24.0 Å². The van der Waals surface area contributed by atoms with Gasteiger partial charge in [0.15, 0.2) is 11.4 Å². The van der Waals surface area contributed by atoms with Gasteiger partial charge in [0, 0.05) is 36.8 Å². The van der Waals surface area contributed by atoms with E-state index in [1.807, 2.05) is 44.3 Å². The minimum absolute atomic E-state index is 0. The summed E-state index contributed by atoms with van der Waals surface area (Å²) in [5, 5.41) is 5.04. The van der Waals surface area contributed by atoms with Crippen molar-refractivity contribution >= 4 is 16.8 Å². The number of hydrogen-bond donors (Lipinski definition) is 2. The number of carbonyl (C=O) groups excluding carboxylic acids is 1. The van der Waals surface area contributed by atoms with Crippen molar-refractivity contribution in [3.8, 4) is 0 Å². The Morgan fingerprint density at radius 1 is 1.13 bits per heavy atom. The third-order valence-electron chi connectivity index (χ3n) is 4.89. The minimum Gasteiger partial charge on any atom is -0.328 e. The highest BCUT2D eigenvalue weighted by atomic mass is 16.1. The number of aryl methyl sites for hydroxylation is 2. The Morgan fingerprint density at radius 3 is 2.17 bits per heavy atom. The van der Waals surface area contributed by atoms with Crippen LogP contribution in [0, 0.1) is 6.92 Å². The summed E-state index contributed by atoms with van der Waals surface area (Å²) in [6, 6.07) is 10.5. The van der Waals surface area contributed by atoms with Crippen LogP contribution in [0.4, 0.5) is 0 Å². The molecule has 0 saturated heterocycles. The van der Waals surface area contributed by atoms with Gasteiger partial charge in [0.2, 0.25) is 0 Å². The molecule has 4 rings (SSSR count). The zero-order valence-corrected chi connectivity index (χ0v) is 17.1. The van der Waals surface area contributed by atoms with E-state index in [1.165, 1.54) is 31.2 Å². The van der Waals surface area contributed by atoms with Gasteiger partial charge in [-0.3, -0.25) is 9.48 Å². The molecule has 6 heteroatoms. The number of ketones is 1. The fourth-order valence-electron chi connectivity index (χ4n) is 3.14. The fourth-order valence-corrected chi connectivity index (χ4v) is 3.14. The third-order valence-corrected chi connectivity index (χ3v) is 4.89. The molecule has 6 nitrogen and oxygen atoms in total. The minimum atomic E-state index is 0. The molecule has 0 amide bonds. The van der Waals surface area contributed by atoms with Crippen molar-refractivity contribution in [1.82, 2.24) is 14.8 Å². The molecule has 4 N–H and O–H groups in total. The number of aromatic nitrogens is 3. The van der Waals surface area contributed by atoms with Gasteiger partial charge in [-0.1, -0.05) is 58.0 Å². The van der Waals surface area contributed by atoms with E-state index in [-0.39, 0.29) is 20.6 Å². The molecular weight excluding hydrogens is 374 g/mol. The van der Waals surface area contributed by atoms with Crippen LogP contribution in [0.1, 0.15) is 68.9 Å². The van der Waals surface area contributed by atoms with Crippen LogP contribution in [0.15, 0.2) is 42.7 Å². The highest BCUT2D eigenvalue weighted by Gasteiger charge is 2.10. The number of hydrogen-bond acceptors (Lipinski definition) is 5. The monoisotopic (exact) mass is 413 g/mol. The predicted octanol–water partition coefficient (Wildman–Crippen LogP) is 4.78. The maximum absolute atomic E-state index is 11.2. The molecule has 1 fully saturated rings. The van der Waals surface area contributed by atoms with Crippen molar-refractivity contribution in [2.24, 2.45) is 18.5 Å². The van der Waals surface area contributed by atoms with Gasteiger partial charge in [-0.05, 0) is 37.8 Å². The SMILES string of the molecule is C.C.CC(=O)c1cnc2c(cnn2C)c1C.NC1CCCC1.NCc1ccccc1. The van der Waals surface area contributed by atoms with E-state index in [0.29, 0.717) is 18.2 Å². The van der Waals surface area contributed by atoms with Crippen LogP contribution in [-0.4, -0.2) is 26.6 Å². The molecule has 0 spiro atoms. The molecule has 1 saturated carbocycles. The molecule has 2 heterocycles. The van der Waals surface area contributed by atoms with Gasteiger partial charge in [-0.25, -0.2) is 4.98 Å². The lowest BCUT2D eigenvalue weighted by molar-refractivity contribution is 0.101. The molecule has 0 bridgehead atoms. The summed E-state index contributed by atoms with van der Waals surface area (Å²) >= 11 is 0.